The molecule has 0 bridgehead atoms. The lowest BCUT2D eigenvalue weighted by Crippen LogP contribution is -2.13. The minimum Gasteiger partial charge on any atom is -0.465 e. The van der Waals surface area contributed by atoms with Gasteiger partial charge in [0.05, 0.1) is 13.0 Å². The Morgan fingerprint density at radius 2 is 2.15 bits per heavy atom. The second-order valence-electron chi connectivity index (χ2n) is 3.34. The van der Waals surface area contributed by atoms with Crippen molar-refractivity contribution in [3.8, 4) is 0 Å². The van der Waals surface area contributed by atoms with Gasteiger partial charge in [0.15, 0.2) is 0 Å². The summed E-state index contributed by atoms with van der Waals surface area (Å²) in [6.07, 6.45) is 6.17. The Morgan fingerprint density at radius 3 is 2.62 bits per heavy atom. The summed E-state index contributed by atoms with van der Waals surface area (Å²) in [6.45, 7) is 6.61. The van der Waals surface area contributed by atoms with Crippen LogP contribution in [0, 0.1) is 12.3 Å². The molecule has 0 aromatic carbocycles. The second kappa shape index (κ2) is 8.09. The Morgan fingerprint density at radius 1 is 1.46 bits per heavy atom. The zero-order valence-corrected chi connectivity index (χ0v) is 9.01. The highest BCUT2D eigenvalue weighted by molar-refractivity contribution is 5.78. The van der Waals surface area contributed by atoms with Crippen LogP contribution >= 0.6 is 0 Å². The van der Waals surface area contributed by atoms with Gasteiger partial charge in [0.2, 0.25) is 0 Å². The van der Waals surface area contributed by atoms with Gasteiger partial charge in [0, 0.05) is 0 Å². The predicted octanol–water partition coefficient (Wildman–Crippen LogP) is 2.97. The second-order valence-corrected chi connectivity index (χ2v) is 3.34. The van der Waals surface area contributed by atoms with E-state index in [1.807, 2.05) is 0 Å². The normalized spacial score (nSPS) is 12.5. The molecule has 0 aliphatic heterocycles. The Balaban J connectivity index is 3.52. The molecule has 1 radical (unpaired) electrons. The topological polar surface area (TPSA) is 26.3 Å². The monoisotopic (exact) mass is 185 g/mol. The number of carbonyl (C=O) groups is 1. The van der Waals surface area contributed by atoms with Crippen LogP contribution in [-0.2, 0) is 9.53 Å². The van der Waals surface area contributed by atoms with Gasteiger partial charge in [-0.25, -0.2) is 0 Å². The average Bonchev–Trinajstić information content (AvgIpc) is 2.17. The maximum atomic E-state index is 10.8. The van der Waals surface area contributed by atoms with E-state index >= 15 is 0 Å². The Bertz CT molecular complexity index is 132. The van der Waals surface area contributed by atoms with Crippen molar-refractivity contribution in [2.45, 2.75) is 46.5 Å². The van der Waals surface area contributed by atoms with Crippen molar-refractivity contribution in [1.82, 2.24) is 0 Å². The van der Waals surface area contributed by atoms with Crippen molar-refractivity contribution in [3.05, 3.63) is 6.42 Å². The van der Waals surface area contributed by atoms with Gasteiger partial charge >= 0.3 is 5.97 Å². The van der Waals surface area contributed by atoms with Crippen LogP contribution in [-0.4, -0.2) is 12.6 Å². The maximum Gasteiger partial charge on any atom is 0.309 e. The van der Waals surface area contributed by atoms with Crippen LogP contribution in [0.25, 0.3) is 0 Å². The van der Waals surface area contributed by atoms with Crippen molar-refractivity contribution in [2.75, 3.05) is 6.61 Å². The van der Waals surface area contributed by atoms with Crippen LogP contribution < -0.4 is 0 Å². The molecule has 77 valence electrons. The number of carbonyl (C=O) groups excluding carboxylic acids is 1. The lowest BCUT2D eigenvalue weighted by molar-refractivity contribution is -0.140. The van der Waals surface area contributed by atoms with Gasteiger partial charge in [-0.15, -0.1) is 0 Å². The van der Waals surface area contributed by atoms with E-state index in [4.69, 9.17) is 4.74 Å². The first-order valence-corrected chi connectivity index (χ1v) is 5.20. The molecule has 0 aliphatic carbocycles. The highest BCUT2D eigenvalue weighted by atomic mass is 16.5. The molecule has 0 N–H and O–H groups in total. The minimum atomic E-state index is -0.199. The van der Waals surface area contributed by atoms with Crippen molar-refractivity contribution < 1.29 is 9.53 Å². The molecule has 0 amide bonds. The SMILES string of the molecule is C[CH]C(=O)OCC(CC)CCCC. The number of unbranched alkanes of at least 4 members (excludes halogenated alkanes) is 1. The van der Waals surface area contributed by atoms with Crippen LogP contribution in [0.15, 0.2) is 0 Å². The molecule has 0 rings (SSSR count). The van der Waals surface area contributed by atoms with Crippen LogP contribution in [0.2, 0.25) is 0 Å². The number of rotatable bonds is 7. The summed E-state index contributed by atoms with van der Waals surface area (Å²) in [4.78, 5) is 10.8. The van der Waals surface area contributed by atoms with Gasteiger partial charge in [0.25, 0.3) is 0 Å². The van der Waals surface area contributed by atoms with E-state index in [1.165, 1.54) is 25.7 Å². The van der Waals surface area contributed by atoms with Gasteiger partial charge < -0.3 is 4.74 Å². The Labute approximate surface area is 81.7 Å². The van der Waals surface area contributed by atoms with Crippen LogP contribution in [0.5, 0.6) is 0 Å². The van der Waals surface area contributed by atoms with Gasteiger partial charge in [0.1, 0.15) is 0 Å². The van der Waals surface area contributed by atoms with E-state index in [9.17, 15) is 4.79 Å². The fourth-order valence-corrected chi connectivity index (χ4v) is 1.18. The molecule has 1 atom stereocenters. The number of hydrogen-bond acceptors (Lipinski definition) is 2. The summed E-state index contributed by atoms with van der Waals surface area (Å²) in [7, 11) is 0. The fourth-order valence-electron chi connectivity index (χ4n) is 1.18. The quantitative estimate of drug-likeness (QED) is 0.570. The fraction of sp³-hybridized carbons (Fsp3) is 0.818. The largest absolute Gasteiger partial charge is 0.465 e. The van der Waals surface area contributed by atoms with Crippen molar-refractivity contribution in [1.29, 1.82) is 0 Å². The maximum absolute atomic E-state index is 10.8. The van der Waals surface area contributed by atoms with Gasteiger partial charge in [-0.05, 0) is 12.3 Å². The average molecular weight is 185 g/mol. The first-order chi connectivity index (χ1) is 6.24. The van der Waals surface area contributed by atoms with Crippen molar-refractivity contribution in [3.63, 3.8) is 0 Å². The summed E-state index contributed by atoms with van der Waals surface area (Å²) in [5.41, 5.74) is 0. The minimum absolute atomic E-state index is 0.199. The Kier molecular flexibility index (Phi) is 7.76. The van der Waals surface area contributed by atoms with Gasteiger partial charge in [-0.2, -0.15) is 0 Å². The van der Waals surface area contributed by atoms with E-state index < -0.39 is 0 Å². The van der Waals surface area contributed by atoms with Crippen LogP contribution in [0.1, 0.15) is 46.5 Å². The van der Waals surface area contributed by atoms with Crippen molar-refractivity contribution >= 4 is 5.97 Å². The van der Waals surface area contributed by atoms with E-state index in [2.05, 4.69) is 13.8 Å². The molecule has 0 heterocycles. The first-order valence-electron chi connectivity index (χ1n) is 5.20. The third kappa shape index (κ3) is 6.62. The number of hydrogen-bond donors (Lipinski definition) is 0. The van der Waals surface area contributed by atoms with Gasteiger partial charge in [-0.1, -0.05) is 40.0 Å². The summed E-state index contributed by atoms with van der Waals surface area (Å²) in [5, 5.41) is 0. The molecule has 1 unspecified atom stereocenters. The molecule has 0 aromatic heterocycles. The molecule has 0 aromatic rings. The smallest absolute Gasteiger partial charge is 0.309 e. The molecule has 0 spiro atoms. The molecular formula is C11H21O2. The molecule has 13 heavy (non-hydrogen) atoms. The highest BCUT2D eigenvalue weighted by Gasteiger charge is 2.08. The number of esters is 1. The Hall–Kier alpha value is -0.530. The number of ether oxygens (including phenoxy) is 1. The summed E-state index contributed by atoms with van der Waals surface area (Å²) >= 11 is 0. The lowest BCUT2D eigenvalue weighted by atomic mass is 10.0. The molecule has 2 nitrogen and oxygen atoms in total. The third-order valence-electron chi connectivity index (χ3n) is 2.24. The third-order valence-corrected chi connectivity index (χ3v) is 2.24. The molecular weight excluding hydrogens is 164 g/mol. The predicted molar refractivity (Wildman–Crippen MR) is 54.2 cm³/mol. The van der Waals surface area contributed by atoms with E-state index in [-0.39, 0.29) is 5.97 Å². The molecule has 0 fully saturated rings. The summed E-state index contributed by atoms with van der Waals surface area (Å²) < 4.78 is 5.05. The molecule has 2 heteroatoms. The van der Waals surface area contributed by atoms with Crippen molar-refractivity contribution in [2.24, 2.45) is 5.92 Å². The molecule has 0 saturated heterocycles. The standard InChI is InChI=1S/C11H21O2/c1-4-7-8-10(5-2)9-13-11(12)6-3/h6,10H,4-5,7-9H2,1-3H3. The first kappa shape index (κ1) is 12.5. The zero-order valence-electron chi connectivity index (χ0n) is 9.01. The summed E-state index contributed by atoms with van der Waals surface area (Å²) in [5.74, 6) is 0.346. The molecule has 0 aliphatic rings. The zero-order chi connectivity index (χ0) is 10.1. The van der Waals surface area contributed by atoms with E-state index in [1.54, 1.807) is 6.92 Å². The highest BCUT2D eigenvalue weighted by Crippen LogP contribution is 2.12. The summed E-state index contributed by atoms with van der Waals surface area (Å²) in [6, 6.07) is 0. The van der Waals surface area contributed by atoms with E-state index in [0.717, 1.165) is 6.42 Å². The van der Waals surface area contributed by atoms with Crippen LogP contribution in [0.3, 0.4) is 0 Å². The van der Waals surface area contributed by atoms with Gasteiger partial charge in [-0.3, -0.25) is 4.79 Å². The molecule has 0 saturated carbocycles. The van der Waals surface area contributed by atoms with Crippen LogP contribution in [0.4, 0.5) is 0 Å². The lowest BCUT2D eigenvalue weighted by Gasteiger charge is -2.13. The van der Waals surface area contributed by atoms with E-state index in [0.29, 0.717) is 12.5 Å².